The minimum absolute atomic E-state index is 0.295. The zero-order valence-corrected chi connectivity index (χ0v) is 9.90. The van der Waals surface area contributed by atoms with Crippen molar-refractivity contribution in [1.82, 2.24) is 4.98 Å². The van der Waals surface area contributed by atoms with Crippen LogP contribution in [0.25, 0.3) is 10.6 Å². The average Bonchev–Trinajstić information content (AvgIpc) is 2.70. The molecule has 2 aromatic rings. The van der Waals surface area contributed by atoms with Crippen molar-refractivity contribution < 1.29 is 4.39 Å². The van der Waals surface area contributed by atoms with Crippen LogP contribution < -0.4 is 11.3 Å². The van der Waals surface area contributed by atoms with Crippen molar-refractivity contribution in [3.05, 3.63) is 33.9 Å². The van der Waals surface area contributed by atoms with E-state index in [1.54, 1.807) is 17.5 Å². The number of nitrogens with two attached hydrogens (primary N) is 1. The largest absolute Gasteiger partial charge is 0.308 e. The fraction of sp³-hybridized carbons (Fsp3) is 0. The molecule has 0 spiro atoms. The van der Waals surface area contributed by atoms with Crippen LogP contribution >= 0.6 is 27.3 Å². The molecule has 2 rings (SSSR count). The molecule has 3 nitrogen and oxygen atoms in total. The Kier molecular flexibility index (Phi) is 2.99. The van der Waals surface area contributed by atoms with Gasteiger partial charge in [-0.05, 0) is 18.2 Å². The van der Waals surface area contributed by atoms with Crippen molar-refractivity contribution in [2.45, 2.75) is 0 Å². The summed E-state index contributed by atoms with van der Waals surface area (Å²) in [6, 6.07) is 4.74. The molecule has 1 aromatic carbocycles. The molecule has 0 saturated heterocycles. The summed E-state index contributed by atoms with van der Waals surface area (Å²) in [5.41, 5.74) is 2.88. The van der Waals surface area contributed by atoms with Gasteiger partial charge in [0.2, 0.25) is 0 Å². The van der Waals surface area contributed by atoms with Gasteiger partial charge in [-0.25, -0.2) is 15.2 Å². The molecular formula is C9H7BrFN3S. The number of hydrazine groups is 1. The summed E-state index contributed by atoms with van der Waals surface area (Å²) in [5, 5.41) is 2.33. The Labute approximate surface area is 98.2 Å². The molecule has 0 atom stereocenters. The SMILES string of the molecule is NNc1csc(-c2cc(Br)ccc2F)n1. The number of hydrogen-bond acceptors (Lipinski definition) is 4. The van der Waals surface area contributed by atoms with Gasteiger partial charge in [-0.15, -0.1) is 11.3 Å². The predicted octanol–water partition coefficient (Wildman–Crippen LogP) is 3.00. The van der Waals surface area contributed by atoms with E-state index in [9.17, 15) is 4.39 Å². The molecular weight excluding hydrogens is 281 g/mol. The summed E-state index contributed by atoms with van der Waals surface area (Å²) in [4.78, 5) is 4.12. The van der Waals surface area contributed by atoms with Crippen LogP contribution in [0, 0.1) is 5.82 Å². The fourth-order valence-corrected chi connectivity index (χ4v) is 2.26. The number of benzene rings is 1. The molecule has 0 aliphatic rings. The van der Waals surface area contributed by atoms with E-state index >= 15 is 0 Å². The number of thiazole rings is 1. The van der Waals surface area contributed by atoms with E-state index in [2.05, 4.69) is 26.3 Å². The normalized spacial score (nSPS) is 10.3. The predicted molar refractivity (Wildman–Crippen MR) is 63.0 cm³/mol. The molecule has 1 heterocycles. The Morgan fingerprint density at radius 2 is 2.27 bits per heavy atom. The first-order valence-electron chi connectivity index (χ1n) is 4.08. The standard InChI is InChI=1S/C9H7BrFN3S/c10-5-1-2-7(11)6(3-5)9-13-8(14-12)4-15-9/h1-4,14H,12H2. The summed E-state index contributed by atoms with van der Waals surface area (Å²) >= 11 is 4.62. The van der Waals surface area contributed by atoms with Gasteiger partial charge in [-0.3, -0.25) is 0 Å². The van der Waals surface area contributed by atoms with Crippen molar-refractivity contribution in [2.75, 3.05) is 5.43 Å². The van der Waals surface area contributed by atoms with Crippen LogP contribution in [0.2, 0.25) is 0 Å². The number of anilines is 1. The van der Waals surface area contributed by atoms with Crippen LogP contribution in [0.1, 0.15) is 0 Å². The van der Waals surface area contributed by atoms with Gasteiger partial charge in [0.25, 0.3) is 0 Å². The zero-order chi connectivity index (χ0) is 10.8. The molecule has 0 amide bonds. The first-order chi connectivity index (χ1) is 7.20. The lowest BCUT2D eigenvalue weighted by Crippen LogP contribution is -2.06. The van der Waals surface area contributed by atoms with Crippen molar-refractivity contribution in [1.29, 1.82) is 0 Å². The highest BCUT2D eigenvalue weighted by Crippen LogP contribution is 2.29. The number of aromatic nitrogens is 1. The minimum Gasteiger partial charge on any atom is -0.308 e. The van der Waals surface area contributed by atoms with E-state index in [0.717, 1.165) is 4.47 Å². The maximum absolute atomic E-state index is 13.5. The van der Waals surface area contributed by atoms with E-state index in [1.807, 2.05) is 0 Å². The molecule has 3 N–H and O–H groups in total. The monoisotopic (exact) mass is 287 g/mol. The second-order valence-electron chi connectivity index (χ2n) is 2.81. The Morgan fingerprint density at radius 1 is 1.47 bits per heavy atom. The van der Waals surface area contributed by atoms with E-state index in [0.29, 0.717) is 16.4 Å². The van der Waals surface area contributed by atoms with Gasteiger partial charge in [-0.2, -0.15) is 0 Å². The smallest absolute Gasteiger partial charge is 0.151 e. The van der Waals surface area contributed by atoms with Gasteiger partial charge >= 0.3 is 0 Å². The van der Waals surface area contributed by atoms with Gasteiger partial charge in [0.15, 0.2) is 5.82 Å². The first-order valence-corrected chi connectivity index (χ1v) is 5.75. The van der Waals surface area contributed by atoms with Crippen molar-refractivity contribution in [3.63, 3.8) is 0 Å². The summed E-state index contributed by atoms with van der Waals surface area (Å²) < 4.78 is 14.3. The highest BCUT2D eigenvalue weighted by atomic mass is 79.9. The molecule has 15 heavy (non-hydrogen) atoms. The summed E-state index contributed by atoms with van der Waals surface area (Å²) in [5.74, 6) is 5.44. The molecule has 1 aromatic heterocycles. The third-order valence-electron chi connectivity index (χ3n) is 1.81. The molecule has 0 saturated carbocycles. The number of nitrogens with zero attached hydrogens (tertiary/aromatic N) is 1. The average molecular weight is 288 g/mol. The topological polar surface area (TPSA) is 50.9 Å². The molecule has 6 heteroatoms. The third-order valence-corrected chi connectivity index (χ3v) is 3.18. The summed E-state index contributed by atoms with van der Waals surface area (Å²) in [7, 11) is 0. The summed E-state index contributed by atoms with van der Waals surface area (Å²) in [6.07, 6.45) is 0. The molecule has 0 bridgehead atoms. The minimum atomic E-state index is -0.295. The number of hydrogen-bond donors (Lipinski definition) is 2. The fourth-order valence-electron chi connectivity index (χ4n) is 1.13. The lowest BCUT2D eigenvalue weighted by atomic mass is 10.2. The molecule has 0 radical (unpaired) electrons. The molecule has 0 aliphatic heterocycles. The molecule has 0 unspecified atom stereocenters. The van der Waals surface area contributed by atoms with Crippen LogP contribution in [-0.4, -0.2) is 4.98 Å². The van der Waals surface area contributed by atoms with E-state index in [1.165, 1.54) is 17.4 Å². The number of nitrogen functional groups attached to an aromatic ring is 1. The summed E-state index contributed by atoms with van der Waals surface area (Å²) in [6.45, 7) is 0. The molecule has 0 fully saturated rings. The lowest BCUT2D eigenvalue weighted by Gasteiger charge is -1.99. The highest BCUT2D eigenvalue weighted by Gasteiger charge is 2.09. The van der Waals surface area contributed by atoms with Crippen LogP contribution in [-0.2, 0) is 0 Å². The molecule has 78 valence electrons. The van der Waals surface area contributed by atoms with Crippen LogP contribution in [0.15, 0.2) is 28.1 Å². The number of halogens is 2. The maximum Gasteiger partial charge on any atom is 0.151 e. The Balaban J connectivity index is 2.48. The Morgan fingerprint density at radius 3 is 2.93 bits per heavy atom. The first kappa shape index (κ1) is 10.5. The third kappa shape index (κ3) is 2.17. The number of rotatable bonds is 2. The van der Waals surface area contributed by atoms with Crippen molar-refractivity contribution in [2.24, 2.45) is 5.84 Å². The zero-order valence-electron chi connectivity index (χ0n) is 7.50. The van der Waals surface area contributed by atoms with Gasteiger partial charge in [0.05, 0.1) is 0 Å². The Hall–Kier alpha value is -0.980. The quantitative estimate of drug-likeness (QED) is 0.659. The van der Waals surface area contributed by atoms with Crippen molar-refractivity contribution in [3.8, 4) is 10.6 Å². The van der Waals surface area contributed by atoms with Gasteiger partial charge < -0.3 is 5.43 Å². The van der Waals surface area contributed by atoms with Crippen LogP contribution in [0.3, 0.4) is 0 Å². The van der Waals surface area contributed by atoms with Gasteiger partial charge in [-0.1, -0.05) is 15.9 Å². The van der Waals surface area contributed by atoms with Crippen LogP contribution in [0.4, 0.5) is 10.2 Å². The second-order valence-corrected chi connectivity index (χ2v) is 4.58. The van der Waals surface area contributed by atoms with Crippen molar-refractivity contribution >= 4 is 33.1 Å². The van der Waals surface area contributed by atoms with E-state index in [-0.39, 0.29) is 5.82 Å². The lowest BCUT2D eigenvalue weighted by molar-refractivity contribution is 0.631. The second kappa shape index (κ2) is 4.26. The molecule has 0 aliphatic carbocycles. The van der Waals surface area contributed by atoms with Crippen LogP contribution in [0.5, 0.6) is 0 Å². The number of nitrogens with one attached hydrogen (secondary N) is 1. The maximum atomic E-state index is 13.5. The van der Waals surface area contributed by atoms with E-state index in [4.69, 9.17) is 5.84 Å². The van der Waals surface area contributed by atoms with E-state index < -0.39 is 0 Å². The van der Waals surface area contributed by atoms with Gasteiger partial charge in [0, 0.05) is 15.4 Å². The van der Waals surface area contributed by atoms with Gasteiger partial charge in [0.1, 0.15) is 10.8 Å². The highest BCUT2D eigenvalue weighted by molar-refractivity contribution is 9.10. The Bertz CT molecular complexity index is 486.